The molecule has 0 aliphatic rings. The molecule has 0 saturated heterocycles. The predicted molar refractivity (Wildman–Crippen MR) is 118 cm³/mol. The standard InChI is InChI=1S/C21H25N3OS.ClH/c1-14-6-9-17(10-7-14)20(25)24(13-12-23(4)5)21-22-19-16(3)15(2)8-11-18(19)26-21;/h6-11H,12-13H2,1-5H3;1H. The maximum atomic E-state index is 13.2. The Hall–Kier alpha value is -1.95. The second kappa shape index (κ2) is 8.83. The van der Waals surface area contributed by atoms with E-state index in [0.717, 1.165) is 27.5 Å². The van der Waals surface area contributed by atoms with Crippen molar-refractivity contribution in [1.82, 2.24) is 9.88 Å². The first-order valence-electron chi connectivity index (χ1n) is 8.77. The van der Waals surface area contributed by atoms with Gasteiger partial charge in [0.1, 0.15) is 0 Å². The van der Waals surface area contributed by atoms with Crippen molar-refractivity contribution in [3.63, 3.8) is 0 Å². The van der Waals surface area contributed by atoms with Gasteiger partial charge in [0.05, 0.1) is 10.2 Å². The van der Waals surface area contributed by atoms with Crippen molar-refractivity contribution >= 4 is 45.0 Å². The number of nitrogens with zero attached hydrogens (tertiary/aromatic N) is 3. The van der Waals surface area contributed by atoms with E-state index in [2.05, 4.69) is 30.9 Å². The smallest absolute Gasteiger partial charge is 0.260 e. The first kappa shape index (κ1) is 21.4. The monoisotopic (exact) mass is 403 g/mol. The molecule has 3 aromatic rings. The molecule has 27 heavy (non-hydrogen) atoms. The number of carbonyl (C=O) groups is 1. The molecule has 4 nitrogen and oxygen atoms in total. The maximum absolute atomic E-state index is 13.2. The second-order valence-corrected chi connectivity index (χ2v) is 7.99. The molecule has 0 spiro atoms. The fourth-order valence-corrected chi connectivity index (χ4v) is 3.82. The fraction of sp³-hybridized carbons (Fsp3) is 0.333. The first-order valence-corrected chi connectivity index (χ1v) is 9.58. The molecule has 0 saturated carbocycles. The summed E-state index contributed by atoms with van der Waals surface area (Å²) in [5.74, 6) is 0.000260. The number of hydrogen-bond acceptors (Lipinski definition) is 4. The molecule has 0 fully saturated rings. The number of rotatable bonds is 5. The van der Waals surface area contributed by atoms with E-state index < -0.39 is 0 Å². The highest BCUT2D eigenvalue weighted by Gasteiger charge is 2.22. The Morgan fingerprint density at radius 1 is 1.00 bits per heavy atom. The van der Waals surface area contributed by atoms with Gasteiger partial charge in [0, 0.05) is 18.7 Å². The molecule has 0 aliphatic carbocycles. The second-order valence-electron chi connectivity index (χ2n) is 6.98. The topological polar surface area (TPSA) is 36.4 Å². The third-order valence-electron chi connectivity index (χ3n) is 4.62. The SMILES string of the molecule is Cc1ccc(C(=O)N(CCN(C)C)c2nc3c(C)c(C)ccc3s2)cc1.Cl. The lowest BCUT2D eigenvalue weighted by atomic mass is 10.1. The molecule has 1 amide bonds. The number of fused-ring (bicyclic) bond motifs is 1. The molecule has 6 heteroatoms. The summed E-state index contributed by atoms with van der Waals surface area (Å²) in [6.45, 7) is 7.60. The van der Waals surface area contributed by atoms with E-state index >= 15 is 0 Å². The first-order chi connectivity index (χ1) is 12.4. The lowest BCUT2D eigenvalue weighted by Gasteiger charge is -2.22. The van der Waals surface area contributed by atoms with Gasteiger partial charge in [0.15, 0.2) is 5.13 Å². The zero-order valence-electron chi connectivity index (χ0n) is 16.4. The average molecular weight is 404 g/mol. The summed E-state index contributed by atoms with van der Waals surface area (Å²) in [5.41, 5.74) is 5.24. The lowest BCUT2D eigenvalue weighted by Crippen LogP contribution is -2.36. The van der Waals surface area contributed by atoms with Crippen LogP contribution < -0.4 is 4.90 Å². The van der Waals surface area contributed by atoms with E-state index in [0.29, 0.717) is 12.1 Å². The molecule has 0 bridgehead atoms. The summed E-state index contributed by atoms with van der Waals surface area (Å²) in [6.07, 6.45) is 0. The highest BCUT2D eigenvalue weighted by molar-refractivity contribution is 7.22. The van der Waals surface area contributed by atoms with E-state index in [4.69, 9.17) is 4.98 Å². The van der Waals surface area contributed by atoms with Crippen LogP contribution in [0.15, 0.2) is 36.4 Å². The number of halogens is 1. The van der Waals surface area contributed by atoms with Crippen LogP contribution in [0.2, 0.25) is 0 Å². The summed E-state index contributed by atoms with van der Waals surface area (Å²) in [4.78, 5) is 21.9. The predicted octanol–water partition coefficient (Wildman–Crippen LogP) is 4.85. The highest BCUT2D eigenvalue weighted by atomic mass is 35.5. The number of aromatic nitrogens is 1. The van der Waals surface area contributed by atoms with Crippen LogP contribution in [0.25, 0.3) is 10.2 Å². The van der Waals surface area contributed by atoms with Gasteiger partial charge in [-0.3, -0.25) is 9.69 Å². The highest BCUT2D eigenvalue weighted by Crippen LogP contribution is 2.32. The number of thiazole rings is 1. The Morgan fingerprint density at radius 2 is 1.67 bits per heavy atom. The van der Waals surface area contributed by atoms with Crippen LogP contribution in [-0.2, 0) is 0 Å². The van der Waals surface area contributed by atoms with E-state index in [-0.39, 0.29) is 18.3 Å². The number of hydrogen-bond donors (Lipinski definition) is 0. The van der Waals surface area contributed by atoms with Crippen molar-refractivity contribution in [3.05, 3.63) is 58.7 Å². The van der Waals surface area contributed by atoms with E-state index in [1.807, 2.05) is 50.2 Å². The quantitative estimate of drug-likeness (QED) is 0.610. The molecular weight excluding hydrogens is 378 g/mol. The molecule has 2 aromatic carbocycles. The Kier molecular flexibility index (Phi) is 6.98. The minimum atomic E-state index is 0. The molecule has 0 unspecified atom stereocenters. The maximum Gasteiger partial charge on any atom is 0.260 e. The van der Waals surface area contributed by atoms with Crippen LogP contribution in [0.5, 0.6) is 0 Å². The van der Waals surface area contributed by atoms with Gasteiger partial charge in [0.2, 0.25) is 0 Å². The summed E-state index contributed by atoms with van der Waals surface area (Å²) in [5, 5.41) is 0.765. The van der Waals surface area contributed by atoms with Crippen molar-refractivity contribution in [2.24, 2.45) is 0 Å². The summed E-state index contributed by atoms with van der Waals surface area (Å²) in [7, 11) is 4.03. The van der Waals surface area contributed by atoms with Crippen LogP contribution >= 0.6 is 23.7 Å². The third-order valence-corrected chi connectivity index (χ3v) is 5.66. The normalized spacial score (nSPS) is 10.9. The molecule has 1 aromatic heterocycles. The van der Waals surface area contributed by atoms with Gasteiger partial charge in [-0.2, -0.15) is 0 Å². The number of carbonyl (C=O) groups excluding carboxylic acids is 1. The molecule has 0 radical (unpaired) electrons. The van der Waals surface area contributed by atoms with Gasteiger partial charge in [-0.05, 0) is 64.2 Å². The van der Waals surface area contributed by atoms with E-state index in [1.165, 1.54) is 11.1 Å². The Bertz CT molecular complexity index is 934. The molecule has 0 N–H and O–H groups in total. The van der Waals surface area contributed by atoms with Gasteiger partial charge in [0.25, 0.3) is 5.91 Å². The van der Waals surface area contributed by atoms with Gasteiger partial charge in [-0.15, -0.1) is 12.4 Å². The summed E-state index contributed by atoms with van der Waals surface area (Å²) in [6, 6.07) is 11.9. The number of anilines is 1. The number of aryl methyl sites for hydroxylation is 3. The minimum absolute atomic E-state index is 0. The lowest BCUT2D eigenvalue weighted by molar-refractivity contribution is 0.0985. The summed E-state index contributed by atoms with van der Waals surface area (Å²) < 4.78 is 1.12. The van der Waals surface area contributed by atoms with Crippen LogP contribution in [0, 0.1) is 20.8 Å². The molecule has 3 rings (SSSR count). The van der Waals surface area contributed by atoms with Crippen molar-refractivity contribution < 1.29 is 4.79 Å². The zero-order chi connectivity index (χ0) is 18.8. The average Bonchev–Trinajstić information content (AvgIpc) is 3.03. The fourth-order valence-electron chi connectivity index (χ4n) is 2.77. The van der Waals surface area contributed by atoms with Gasteiger partial charge in [-0.25, -0.2) is 4.98 Å². The van der Waals surface area contributed by atoms with Crippen LogP contribution in [0.4, 0.5) is 5.13 Å². The Labute approximate surface area is 171 Å². The summed E-state index contributed by atoms with van der Waals surface area (Å²) >= 11 is 1.58. The van der Waals surface area contributed by atoms with Gasteiger partial charge in [-0.1, -0.05) is 35.1 Å². The minimum Gasteiger partial charge on any atom is -0.308 e. The van der Waals surface area contributed by atoms with Crippen LogP contribution in [0.3, 0.4) is 0 Å². The number of likely N-dealkylation sites (N-methyl/N-ethyl adjacent to an activating group) is 1. The largest absolute Gasteiger partial charge is 0.308 e. The molecule has 0 atom stereocenters. The molecule has 0 aliphatic heterocycles. The van der Waals surface area contributed by atoms with E-state index in [1.54, 1.807) is 11.3 Å². The van der Waals surface area contributed by atoms with Crippen LogP contribution in [0.1, 0.15) is 27.0 Å². The number of amides is 1. The van der Waals surface area contributed by atoms with Gasteiger partial charge >= 0.3 is 0 Å². The van der Waals surface area contributed by atoms with Crippen molar-refractivity contribution in [2.75, 3.05) is 32.1 Å². The molecular formula is C21H26ClN3OS. The van der Waals surface area contributed by atoms with E-state index in [9.17, 15) is 4.79 Å². The Morgan fingerprint density at radius 3 is 2.30 bits per heavy atom. The molecule has 144 valence electrons. The van der Waals surface area contributed by atoms with Crippen molar-refractivity contribution in [3.8, 4) is 0 Å². The molecule has 1 heterocycles. The Balaban J connectivity index is 0.00000261. The van der Waals surface area contributed by atoms with Crippen molar-refractivity contribution in [2.45, 2.75) is 20.8 Å². The van der Waals surface area contributed by atoms with Crippen LogP contribution in [-0.4, -0.2) is 43.0 Å². The number of benzene rings is 2. The third kappa shape index (κ3) is 4.67. The van der Waals surface area contributed by atoms with Crippen molar-refractivity contribution in [1.29, 1.82) is 0 Å². The zero-order valence-corrected chi connectivity index (χ0v) is 18.1. The van der Waals surface area contributed by atoms with Gasteiger partial charge < -0.3 is 4.90 Å².